The zero-order chi connectivity index (χ0) is 24.9. The second-order valence-corrected chi connectivity index (χ2v) is 8.26. The van der Waals surface area contributed by atoms with Crippen molar-refractivity contribution >= 4 is 22.0 Å². The van der Waals surface area contributed by atoms with Gasteiger partial charge in [0.2, 0.25) is 0 Å². The number of aromatic nitrogens is 4. The summed E-state index contributed by atoms with van der Waals surface area (Å²) in [6.45, 7) is 13.9. The van der Waals surface area contributed by atoms with Crippen molar-refractivity contribution < 1.29 is 4.39 Å². The normalized spacial score (nSPS) is 12.9. The van der Waals surface area contributed by atoms with Crippen LogP contribution in [0, 0.1) is 12.7 Å². The molecule has 4 aromatic rings. The number of halogens is 1. The number of hydrogen-bond donors (Lipinski definition) is 2. The minimum absolute atomic E-state index is 0.277. The van der Waals surface area contributed by atoms with Crippen LogP contribution in [0.25, 0.3) is 33.4 Å². The highest BCUT2D eigenvalue weighted by molar-refractivity contribution is 5.95. The van der Waals surface area contributed by atoms with E-state index in [1.807, 2.05) is 38.3 Å². The summed E-state index contributed by atoms with van der Waals surface area (Å²) in [4.78, 5) is 8.11. The lowest BCUT2D eigenvalue weighted by atomic mass is 9.97. The fourth-order valence-electron chi connectivity index (χ4n) is 4.17. The average Bonchev–Trinajstić information content (AvgIpc) is 3.46. The average molecular weight is 465 g/mol. The highest BCUT2D eigenvalue weighted by atomic mass is 19.1. The first-order valence-electron chi connectivity index (χ1n) is 11.6. The topological polar surface area (TPSA) is 57.4 Å². The summed E-state index contributed by atoms with van der Waals surface area (Å²) in [7, 11) is 0. The van der Waals surface area contributed by atoms with Crippen LogP contribution >= 0.6 is 0 Å². The zero-order valence-electron chi connectivity index (χ0n) is 20.3. The van der Waals surface area contributed by atoms with Crippen molar-refractivity contribution in [2.75, 3.05) is 0 Å². The molecular weight excluding hydrogens is 435 g/mol. The van der Waals surface area contributed by atoms with E-state index in [1.165, 1.54) is 12.1 Å². The van der Waals surface area contributed by atoms with Gasteiger partial charge in [-0.3, -0.25) is 10.1 Å². The number of nitrogens with one attached hydrogen (secondary N) is 2. The Morgan fingerprint density at radius 2 is 2.00 bits per heavy atom. The summed E-state index contributed by atoms with van der Waals surface area (Å²) in [5.41, 5.74) is 9.16. The van der Waals surface area contributed by atoms with E-state index >= 15 is 0 Å². The van der Waals surface area contributed by atoms with E-state index in [1.54, 1.807) is 12.1 Å². The largest absolute Gasteiger partial charge is 0.357 e. The van der Waals surface area contributed by atoms with E-state index in [0.29, 0.717) is 0 Å². The van der Waals surface area contributed by atoms with Crippen molar-refractivity contribution in [1.82, 2.24) is 20.2 Å². The van der Waals surface area contributed by atoms with Gasteiger partial charge in [0.15, 0.2) is 0 Å². The number of rotatable bonds is 8. The second-order valence-electron chi connectivity index (χ2n) is 8.26. The van der Waals surface area contributed by atoms with E-state index < -0.39 is 0 Å². The molecule has 5 heteroatoms. The molecular formula is C30H29FN4. The molecule has 0 saturated heterocycles. The van der Waals surface area contributed by atoms with Gasteiger partial charge in [-0.2, -0.15) is 5.10 Å². The van der Waals surface area contributed by atoms with E-state index in [9.17, 15) is 4.39 Å². The molecule has 0 amide bonds. The number of aromatic amines is 2. The first kappa shape index (κ1) is 23.9. The van der Waals surface area contributed by atoms with Gasteiger partial charge in [0.1, 0.15) is 11.5 Å². The van der Waals surface area contributed by atoms with Crippen molar-refractivity contribution in [2.24, 2.45) is 0 Å². The zero-order valence-corrected chi connectivity index (χ0v) is 20.3. The number of hydrogen-bond acceptors (Lipinski definition) is 2. The third-order valence-corrected chi connectivity index (χ3v) is 6.05. The highest BCUT2D eigenvalue weighted by Gasteiger charge is 2.17. The molecule has 0 fully saturated rings. The van der Waals surface area contributed by atoms with Gasteiger partial charge in [0.05, 0.1) is 23.1 Å². The Hall–Kier alpha value is -4.25. The smallest absolute Gasteiger partial charge is 0.123 e. The molecule has 0 bridgehead atoms. The fraction of sp³-hybridized carbons (Fsp3) is 0.133. The number of benzene rings is 1. The summed E-state index contributed by atoms with van der Waals surface area (Å²) in [6.07, 6.45) is 12.4. The quantitative estimate of drug-likeness (QED) is 0.260. The van der Waals surface area contributed by atoms with Crippen LogP contribution in [0.4, 0.5) is 4.39 Å². The van der Waals surface area contributed by atoms with E-state index in [-0.39, 0.29) is 5.82 Å². The monoisotopic (exact) mass is 464 g/mol. The summed E-state index contributed by atoms with van der Waals surface area (Å²) >= 11 is 0. The summed E-state index contributed by atoms with van der Waals surface area (Å²) < 4.78 is 13.9. The lowest BCUT2D eigenvalue weighted by Crippen LogP contribution is -1.89. The Morgan fingerprint density at radius 3 is 2.69 bits per heavy atom. The predicted molar refractivity (Wildman–Crippen MR) is 144 cm³/mol. The van der Waals surface area contributed by atoms with Gasteiger partial charge >= 0.3 is 0 Å². The van der Waals surface area contributed by atoms with Gasteiger partial charge in [-0.15, -0.1) is 0 Å². The third-order valence-electron chi connectivity index (χ3n) is 6.05. The minimum atomic E-state index is -0.277. The molecule has 176 valence electrons. The van der Waals surface area contributed by atoms with Crippen molar-refractivity contribution in [3.8, 4) is 11.4 Å². The van der Waals surface area contributed by atoms with Crippen LogP contribution < -0.4 is 0 Å². The lowest BCUT2D eigenvalue weighted by Gasteiger charge is -2.07. The minimum Gasteiger partial charge on any atom is -0.357 e. The molecule has 1 aromatic carbocycles. The first-order valence-corrected chi connectivity index (χ1v) is 11.6. The molecule has 0 aliphatic heterocycles. The Labute approximate surface area is 205 Å². The van der Waals surface area contributed by atoms with Gasteiger partial charge in [0.25, 0.3) is 0 Å². The van der Waals surface area contributed by atoms with Crippen molar-refractivity contribution in [3.05, 3.63) is 120 Å². The number of aryl methyl sites for hydroxylation is 1. The molecule has 2 N–H and O–H groups in total. The Bertz CT molecular complexity index is 1490. The molecule has 0 atom stereocenters. The van der Waals surface area contributed by atoms with Crippen molar-refractivity contribution in [2.45, 2.75) is 27.2 Å². The van der Waals surface area contributed by atoms with Crippen LogP contribution in [0.2, 0.25) is 0 Å². The molecule has 3 aromatic heterocycles. The van der Waals surface area contributed by atoms with Crippen LogP contribution in [0.1, 0.15) is 42.8 Å². The molecule has 3 heterocycles. The lowest BCUT2D eigenvalue weighted by molar-refractivity contribution is 0.627. The number of fused-ring (bicyclic) bond motifs is 1. The van der Waals surface area contributed by atoms with Gasteiger partial charge in [0, 0.05) is 16.6 Å². The van der Waals surface area contributed by atoms with Gasteiger partial charge in [-0.1, -0.05) is 56.5 Å². The van der Waals surface area contributed by atoms with Crippen LogP contribution in [0.15, 0.2) is 91.7 Å². The Kier molecular flexibility index (Phi) is 7.06. The molecule has 0 spiro atoms. The van der Waals surface area contributed by atoms with Crippen LogP contribution in [0.5, 0.6) is 0 Å². The highest BCUT2D eigenvalue weighted by Crippen LogP contribution is 2.33. The fourth-order valence-corrected chi connectivity index (χ4v) is 4.17. The Balaban J connectivity index is 1.81. The maximum atomic E-state index is 13.9. The van der Waals surface area contributed by atoms with Gasteiger partial charge in [-0.25, -0.2) is 4.39 Å². The van der Waals surface area contributed by atoms with E-state index in [4.69, 9.17) is 0 Å². The molecule has 4 rings (SSSR count). The number of allylic oxidation sites excluding steroid dienone is 7. The molecule has 0 aliphatic carbocycles. The molecule has 0 radical (unpaired) electrons. The number of pyridine rings is 1. The molecule has 0 unspecified atom stereocenters. The maximum Gasteiger partial charge on any atom is 0.123 e. The summed E-state index contributed by atoms with van der Waals surface area (Å²) in [6, 6.07) is 10.7. The SMILES string of the molecule is C=C/C=C(/c1cccc(F)c1)c1cc(-c2n[nH]c3cnc(C(/C=C(\C=C)CC)=C/C)cc23)[nH]c1C. The van der Waals surface area contributed by atoms with Crippen LogP contribution in [-0.2, 0) is 0 Å². The van der Waals surface area contributed by atoms with E-state index in [0.717, 1.165) is 67.9 Å². The molecule has 4 nitrogen and oxygen atoms in total. The molecule has 35 heavy (non-hydrogen) atoms. The van der Waals surface area contributed by atoms with Gasteiger partial charge in [-0.05, 0) is 72.9 Å². The van der Waals surface area contributed by atoms with E-state index in [2.05, 4.69) is 64.5 Å². The maximum absolute atomic E-state index is 13.9. The summed E-state index contributed by atoms with van der Waals surface area (Å²) in [5, 5.41) is 8.64. The first-order chi connectivity index (χ1) is 17.0. The van der Waals surface area contributed by atoms with Crippen LogP contribution in [0.3, 0.4) is 0 Å². The number of nitrogens with zero attached hydrogens (tertiary/aromatic N) is 2. The van der Waals surface area contributed by atoms with Gasteiger partial charge < -0.3 is 4.98 Å². The molecule has 0 saturated carbocycles. The summed E-state index contributed by atoms with van der Waals surface area (Å²) in [5.74, 6) is -0.277. The van der Waals surface area contributed by atoms with Crippen LogP contribution in [-0.4, -0.2) is 20.2 Å². The second kappa shape index (κ2) is 10.3. The third kappa shape index (κ3) is 4.85. The van der Waals surface area contributed by atoms with Crippen molar-refractivity contribution in [1.29, 1.82) is 0 Å². The predicted octanol–water partition coefficient (Wildman–Crippen LogP) is 7.94. The standard InChI is InChI=1S/C30H29FN4/c1-6-11-24(22-12-10-13-23(31)15-22)25-16-28(33-19(25)5)30-26-17-27(32-18-29(26)34-35-30)21(9-4)14-20(7-2)8-3/h6-7,9-18,33H,1-2,8H2,3-5H3,(H,34,35)/b20-14+,21-9+,24-11-. The Morgan fingerprint density at radius 1 is 1.17 bits per heavy atom. The number of H-pyrrole nitrogens is 2. The van der Waals surface area contributed by atoms with Crippen molar-refractivity contribution in [3.63, 3.8) is 0 Å². The molecule has 0 aliphatic rings.